The Morgan fingerprint density at radius 3 is 2.55 bits per heavy atom. The Hall–Kier alpha value is -2.96. The summed E-state index contributed by atoms with van der Waals surface area (Å²) in [6.07, 6.45) is 0. The van der Waals surface area contributed by atoms with Crippen LogP contribution in [-0.4, -0.2) is 17.9 Å². The van der Waals surface area contributed by atoms with Crippen molar-refractivity contribution in [1.29, 1.82) is 0 Å². The molecule has 7 heteroatoms. The number of aryl methyl sites for hydroxylation is 1. The molecule has 22 heavy (non-hydrogen) atoms. The first-order valence-corrected chi connectivity index (χ1v) is 6.46. The number of hydrogen-bond acceptors (Lipinski definition) is 4. The van der Waals surface area contributed by atoms with Gasteiger partial charge in [0.05, 0.1) is 4.92 Å². The highest BCUT2D eigenvalue weighted by atomic mass is 19.1. The van der Waals surface area contributed by atoms with Gasteiger partial charge in [-0.1, -0.05) is 6.07 Å². The lowest BCUT2D eigenvalue weighted by atomic mass is 10.1. The summed E-state index contributed by atoms with van der Waals surface area (Å²) in [5.74, 6) is -1.02. The molecule has 2 aromatic rings. The number of rotatable bonds is 4. The first-order chi connectivity index (χ1) is 10.4. The van der Waals surface area contributed by atoms with E-state index in [1.165, 1.54) is 36.4 Å². The minimum atomic E-state index is -0.573. The van der Waals surface area contributed by atoms with E-state index in [0.717, 1.165) is 0 Å². The van der Waals surface area contributed by atoms with E-state index in [-0.39, 0.29) is 11.3 Å². The van der Waals surface area contributed by atoms with Gasteiger partial charge in [0.2, 0.25) is 0 Å². The SMILES string of the molecule is CNc1ccc(C(=O)Nc2cc(F)ccc2C)cc1[N+](=O)[O-]. The van der Waals surface area contributed by atoms with Gasteiger partial charge in [0.25, 0.3) is 11.6 Å². The smallest absolute Gasteiger partial charge is 0.293 e. The first-order valence-electron chi connectivity index (χ1n) is 6.46. The molecule has 0 aliphatic carbocycles. The number of anilines is 2. The van der Waals surface area contributed by atoms with Crippen LogP contribution in [0.3, 0.4) is 0 Å². The third-order valence-electron chi connectivity index (χ3n) is 3.17. The molecule has 2 N–H and O–H groups in total. The molecule has 0 saturated heterocycles. The molecule has 0 bridgehead atoms. The van der Waals surface area contributed by atoms with Crippen molar-refractivity contribution in [2.24, 2.45) is 0 Å². The summed E-state index contributed by atoms with van der Waals surface area (Å²) < 4.78 is 13.2. The second-order valence-corrected chi connectivity index (χ2v) is 4.65. The maximum Gasteiger partial charge on any atom is 0.293 e. The predicted molar refractivity (Wildman–Crippen MR) is 81.7 cm³/mol. The van der Waals surface area contributed by atoms with Gasteiger partial charge in [0.15, 0.2) is 0 Å². The van der Waals surface area contributed by atoms with Gasteiger partial charge in [0, 0.05) is 24.4 Å². The van der Waals surface area contributed by atoms with Crippen molar-refractivity contribution >= 4 is 23.0 Å². The molecular weight excluding hydrogens is 289 g/mol. The summed E-state index contributed by atoms with van der Waals surface area (Å²) in [5, 5.41) is 16.2. The van der Waals surface area contributed by atoms with Crippen molar-refractivity contribution in [2.45, 2.75) is 6.92 Å². The minimum Gasteiger partial charge on any atom is -0.383 e. The molecule has 0 atom stereocenters. The normalized spacial score (nSPS) is 10.1. The minimum absolute atomic E-state index is 0.120. The number of benzene rings is 2. The Labute approximate surface area is 126 Å². The average Bonchev–Trinajstić information content (AvgIpc) is 2.50. The predicted octanol–water partition coefficient (Wildman–Crippen LogP) is 3.34. The molecule has 2 aromatic carbocycles. The van der Waals surface area contributed by atoms with E-state index in [1.807, 2.05) is 0 Å². The molecule has 0 aliphatic heterocycles. The zero-order valence-electron chi connectivity index (χ0n) is 12.0. The number of nitro benzene ring substituents is 1. The lowest BCUT2D eigenvalue weighted by Gasteiger charge is -2.09. The van der Waals surface area contributed by atoms with Crippen LogP contribution in [0.2, 0.25) is 0 Å². The maximum absolute atomic E-state index is 13.2. The molecule has 2 rings (SSSR count). The van der Waals surface area contributed by atoms with Crippen molar-refractivity contribution in [2.75, 3.05) is 17.7 Å². The first kappa shape index (κ1) is 15.4. The second-order valence-electron chi connectivity index (χ2n) is 4.65. The summed E-state index contributed by atoms with van der Waals surface area (Å²) in [4.78, 5) is 22.6. The van der Waals surface area contributed by atoms with Gasteiger partial charge in [-0.05, 0) is 36.8 Å². The highest BCUT2D eigenvalue weighted by Crippen LogP contribution is 2.26. The molecule has 0 heterocycles. The Kier molecular flexibility index (Phi) is 4.36. The fraction of sp³-hybridized carbons (Fsp3) is 0.133. The van der Waals surface area contributed by atoms with Crippen LogP contribution in [0.25, 0.3) is 0 Å². The van der Waals surface area contributed by atoms with Crippen molar-refractivity contribution < 1.29 is 14.1 Å². The van der Waals surface area contributed by atoms with Crippen molar-refractivity contribution in [1.82, 2.24) is 0 Å². The van der Waals surface area contributed by atoms with Crippen LogP contribution >= 0.6 is 0 Å². The van der Waals surface area contributed by atoms with Gasteiger partial charge < -0.3 is 10.6 Å². The molecule has 0 radical (unpaired) electrons. The Morgan fingerprint density at radius 1 is 1.18 bits per heavy atom. The monoisotopic (exact) mass is 303 g/mol. The molecule has 114 valence electrons. The van der Waals surface area contributed by atoms with Crippen LogP contribution in [-0.2, 0) is 0 Å². The summed E-state index contributed by atoms with van der Waals surface area (Å²) in [7, 11) is 1.55. The van der Waals surface area contributed by atoms with E-state index in [0.29, 0.717) is 16.9 Å². The third-order valence-corrected chi connectivity index (χ3v) is 3.17. The molecule has 0 unspecified atom stereocenters. The van der Waals surface area contributed by atoms with Gasteiger partial charge in [-0.15, -0.1) is 0 Å². The topological polar surface area (TPSA) is 84.3 Å². The van der Waals surface area contributed by atoms with Crippen LogP contribution in [0.15, 0.2) is 36.4 Å². The number of nitrogens with zero attached hydrogens (tertiary/aromatic N) is 1. The third kappa shape index (κ3) is 3.20. The van der Waals surface area contributed by atoms with E-state index < -0.39 is 16.6 Å². The highest BCUT2D eigenvalue weighted by molar-refractivity contribution is 6.05. The zero-order valence-corrected chi connectivity index (χ0v) is 12.0. The van der Waals surface area contributed by atoms with E-state index in [4.69, 9.17) is 0 Å². The van der Waals surface area contributed by atoms with Gasteiger partial charge >= 0.3 is 0 Å². The second kappa shape index (κ2) is 6.21. The Morgan fingerprint density at radius 2 is 1.91 bits per heavy atom. The molecule has 0 aliphatic rings. The average molecular weight is 303 g/mol. The van der Waals surface area contributed by atoms with Gasteiger partial charge in [-0.2, -0.15) is 0 Å². The Bertz CT molecular complexity index is 747. The van der Waals surface area contributed by atoms with Crippen LogP contribution < -0.4 is 10.6 Å². The number of nitrogens with one attached hydrogen (secondary N) is 2. The summed E-state index contributed by atoms with van der Waals surface area (Å²) in [6, 6.07) is 8.11. The number of hydrogen-bond donors (Lipinski definition) is 2. The highest BCUT2D eigenvalue weighted by Gasteiger charge is 2.17. The summed E-state index contributed by atoms with van der Waals surface area (Å²) >= 11 is 0. The van der Waals surface area contributed by atoms with E-state index in [9.17, 15) is 19.3 Å². The zero-order chi connectivity index (χ0) is 16.3. The number of nitro groups is 1. The maximum atomic E-state index is 13.2. The van der Waals surface area contributed by atoms with Crippen LogP contribution in [0, 0.1) is 22.9 Å². The number of amides is 1. The summed E-state index contributed by atoms with van der Waals surface area (Å²) in [6.45, 7) is 1.72. The lowest BCUT2D eigenvalue weighted by molar-refractivity contribution is -0.384. The largest absolute Gasteiger partial charge is 0.383 e. The molecular formula is C15H14FN3O3. The quantitative estimate of drug-likeness (QED) is 0.670. The molecule has 0 spiro atoms. The van der Waals surface area contributed by atoms with Crippen LogP contribution in [0.1, 0.15) is 15.9 Å². The van der Waals surface area contributed by atoms with E-state index in [2.05, 4.69) is 10.6 Å². The van der Waals surface area contributed by atoms with Gasteiger partial charge in [0.1, 0.15) is 11.5 Å². The van der Waals surface area contributed by atoms with E-state index >= 15 is 0 Å². The molecule has 0 saturated carbocycles. The lowest BCUT2D eigenvalue weighted by Crippen LogP contribution is -2.13. The Balaban J connectivity index is 2.32. The molecule has 0 fully saturated rings. The molecule has 6 nitrogen and oxygen atoms in total. The van der Waals surface area contributed by atoms with Crippen molar-refractivity contribution in [3.8, 4) is 0 Å². The fourth-order valence-corrected chi connectivity index (χ4v) is 1.96. The standard InChI is InChI=1S/C15H14FN3O3/c1-9-3-5-11(16)8-13(9)18-15(20)10-4-6-12(17-2)14(7-10)19(21)22/h3-8,17H,1-2H3,(H,18,20). The number of carbonyl (C=O) groups excluding carboxylic acids is 1. The molecule has 0 aromatic heterocycles. The van der Waals surface area contributed by atoms with Crippen molar-refractivity contribution in [3.63, 3.8) is 0 Å². The molecule has 1 amide bonds. The van der Waals surface area contributed by atoms with Gasteiger partial charge in [-0.25, -0.2) is 4.39 Å². The van der Waals surface area contributed by atoms with Crippen LogP contribution in [0.4, 0.5) is 21.5 Å². The fourth-order valence-electron chi connectivity index (χ4n) is 1.96. The van der Waals surface area contributed by atoms with Crippen LogP contribution in [0.5, 0.6) is 0 Å². The summed E-state index contributed by atoms with van der Waals surface area (Å²) in [5.41, 5.74) is 1.24. The van der Waals surface area contributed by atoms with Gasteiger partial charge in [-0.3, -0.25) is 14.9 Å². The number of carbonyl (C=O) groups is 1. The van der Waals surface area contributed by atoms with E-state index in [1.54, 1.807) is 14.0 Å². The van der Waals surface area contributed by atoms with Crippen molar-refractivity contribution in [3.05, 3.63) is 63.5 Å². The number of halogens is 1.